The first-order valence-electron chi connectivity index (χ1n) is 5.84. The van der Waals surface area contributed by atoms with Gasteiger partial charge in [0.1, 0.15) is 0 Å². The van der Waals surface area contributed by atoms with E-state index in [1.165, 1.54) is 0 Å². The van der Waals surface area contributed by atoms with Crippen molar-refractivity contribution < 1.29 is 4.74 Å². The van der Waals surface area contributed by atoms with Gasteiger partial charge in [0, 0.05) is 31.5 Å². The minimum absolute atomic E-state index is 0.695. The summed E-state index contributed by atoms with van der Waals surface area (Å²) >= 11 is 0. The van der Waals surface area contributed by atoms with Crippen LogP contribution in [0.25, 0.3) is 11.4 Å². The number of aromatic nitrogens is 4. The highest BCUT2D eigenvalue weighted by atomic mass is 16.5. The Morgan fingerprint density at radius 1 is 1.39 bits per heavy atom. The van der Waals surface area contributed by atoms with E-state index in [1.54, 1.807) is 11.8 Å². The van der Waals surface area contributed by atoms with Crippen LogP contribution < -0.4 is 5.73 Å². The molecule has 0 aliphatic carbocycles. The molecule has 0 amide bonds. The standard InChI is InChI=1S/C12H17N5O/c1-9-8-10(4-5-11(9)13)12-14-15-16-17(12)6-3-7-18-2/h4-5,8H,3,6-7,13H2,1-2H3. The van der Waals surface area contributed by atoms with Gasteiger partial charge in [-0.05, 0) is 47.5 Å². The SMILES string of the molecule is COCCCn1nnnc1-c1ccc(N)c(C)c1. The molecule has 0 fully saturated rings. The molecule has 18 heavy (non-hydrogen) atoms. The molecule has 0 radical (unpaired) electrons. The van der Waals surface area contributed by atoms with E-state index < -0.39 is 0 Å². The zero-order valence-corrected chi connectivity index (χ0v) is 10.6. The van der Waals surface area contributed by atoms with Crippen LogP contribution in [0.1, 0.15) is 12.0 Å². The lowest BCUT2D eigenvalue weighted by molar-refractivity contribution is 0.189. The number of aryl methyl sites for hydroxylation is 2. The summed E-state index contributed by atoms with van der Waals surface area (Å²) in [6.45, 7) is 3.40. The van der Waals surface area contributed by atoms with E-state index in [0.29, 0.717) is 6.61 Å². The van der Waals surface area contributed by atoms with Gasteiger partial charge >= 0.3 is 0 Å². The second-order valence-electron chi connectivity index (χ2n) is 4.14. The summed E-state index contributed by atoms with van der Waals surface area (Å²) in [5, 5.41) is 11.8. The molecule has 0 spiro atoms. The fourth-order valence-electron chi connectivity index (χ4n) is 1.74. The Hall–Kier alpha value is -1.95. The normalized spacial score (nSPS) is 10.8. The highest BCUT2D eigenvalue weighted by molar-refractivity contribution is 5.61. The van der Waals surface area contributed by atoms with Crippen LogP contribution in [-0.2, 0) is 11.3 Å². The predicted molar refractivity (Wildman–Crippen MR) is 68.9 cm³/mol. The van der Waals surface area contributed by atoms with Gasteiger partial charge in [-0.15, -0.1) is 5.10 Å². The molecule has 2 rings (SSSR count). The third kappa shape index (κ3) is 2.65. The van der Waals surface area contributed by atoms with Crippen LogP contribution in [0.2, 0.25) is 0 Å². The lowest BCUT2D eigenvalue weighted by Crippen LogP contribution is -2.05. The number of methoxy groups -OCH3 is 1. The van der Waals surface area contributed by atoms with Gasteiger partial charge in [0.25, 0.3) is 0 Å². The van der Waals surface area contributed by atoms with Gasteiger partial charge in [-0.3, -0.25) is 0 Å². The van der Waals surface area contributed by atoms with Crippen LogP contribution in [0.4, 0.5) is 5.69 Å². The molecule has 0 aliphatic heterocycles. The van der Waals surface area contributed by atoms with Crippen molar-refractivity contribution in [1.82, 2.24) is 20.2 Å². The minimum atomic E-state index is 0.695. The van der Waals surface area contributed by atoms with Gasteiger partial charge in [-0.2, -0.15) is 0 Å². The van der Waals surface area contributed by atoms with Crippen LogP contribution in [0.3, 0.4) is 0 Å². The van der Waals surface area contributed by atoms with Crippen LogP contribution in [0, 0.1) is 6.92 Å². The maximum Gasteiger partial charge on any atom is 0.182 e. The molecule has 0 bridgehead atoms. The molecule has 0 aliphatic rings. The Balaban J connectivity index is 2.22. The van der Waals surface area contributed by atoms with Crippen LogP contribution in [0.15, 0.2) is 18.2 Å². The summed E-state index contributed by atoms with van der Waals surface area (Å²) < 4.78 is 6.80. The summed E-state index contributed by atoms with van der Waals surface area (Å²) in [4.78, 5) is 0. The molecule has 2 aromatic rings. The zero-order valence-electron chi connectivity index (χ0n) is 10.6. The molecule has 1 aromatic carbocycles. The second kappa shape index (κ2) is 5.59. The van der Waals surface area contributed by atoms with Crippen LogP contribution >= 0.6 is 0 Å². The molecule has 0 atom stereocenters. The smallest absolute Gasteiger partial charge is 0.182 e. The van der Waals surface area contributed by atoms with E-state index >= 15 is 0 Å². The molecular formula is C12H17N5O. The highest BCUT2D eigenvalue weighted by Crippen LogP contribution is 2.21. The van der Waals surface area contributed by atoms with Crippen molar-refractivity contribution >= 4 is 5.69 Å². The number of tetrazole rings is 1. The number of rotatable bonds is 5. The van der Waals surface area contributed by atoms with E-state index in [2.05, 4.69) is 15.5 Å². The van der Waals surface area contributed by atoms with Crippen molar-refractivity contribution in [1.29, 1.82) is 0 Å². The number of hydrogen-bond donors (Lipinski definition) is 1. The Bertz CT molecular complexity index is 523. The van der Waals surface area contributed by atoms with Crippen molar-refractivity contribution in [3.63, 3.8) is 0 Å². The third-order valence-electron chi connectivity index (χ3n) is 2.78. The third-order valence-corrected chi connectivity index (χ3v) is 2.78. The first-order chi connectivity index (χ1) is 8.72. The number of hydrogen-bond acceptors (Lipinski definition) is 5. The fourth-order valence-corrected chi connectivity index (χ4v) is 1.74. The molecule has 2 N–H and O–H groups in total. The van der Waals surface area contributed by atoms with E-state index in [9.17, 15) is 0 Å². The lowest BCUT2D eigenvalue weighted by atomic mass is 10.1. The molecule has 6 nitrogen and oxygen atoms in total. The molecular weight excluding hydrogens is 230 g/mol. The van der Waals surface area contributed by atoms with Crippen molar-refractivity contribution in [2.24, 2.45) is 0 Å². The summed E-state index contributed by atoms with van der Waals surface area (Å²) in [5.41, 5.74) is 8.58. The van der Waals surface area contributed by atoms with Gasteiger partial charge in [-0.1, -0.05) is 0 Å². The number of benzene rings is 1. The Morgan fingerprint density at radius 3 is 2.94 bits per heavy atom. The van der Waals surface area contributed by atoms with Crippen molar-refractivity contribution in [3.05, 3.63) is 23.8 Å². The van der Waals surface area contributed by atoms with Gasteiger partial charge in [0.05, 0.1) is 0 Å². The van der Waals surface area contributed by atoms with Gasteiger partial charge in [-0.25, -0.2) is 4.68 Å². The maximum absolute atomic E-state index is 5.80. The Kier molecular flexibility index (Phi) is 3.88. The maximum atomic E-state index is 5.80. The first kappa shape index (κ1) is 12.5. The number of anilines is 1. The number of nitrogen functional groups attached to an aromatic ring is 1. The molecule has 1 heterocycles. The first-order valence-corrected chi connectivity index (χ1v) is 5.84. The highest BCUT2D eigenvalue weighted by Gasteiger charge is 2.09. The van der Waals surface area contributed by atoms with Gasteiger partial charge < -0.3 is 10.5 Å². The predicted octanol–water partition coefficient (Wildman–Crippen LogP) is 1.27. The monoisotopic (exact) mass is 247 g/mol. The molecule has 0 saturated heterocycles. The molecule has 6 heteroatoms. The molecule has 1 aromatic heterocycles. The number of nitrogens with two attached hydrogens (primary N) is 1. The van der Waals surface area contributed by atoms with Crippen LogP contribution in [-0.4, -0.2) is 33.9 Å². The molecule has 0 unspecified atom stereocenters. The summed E-state index contributed by atoms with van der Waals surface area (Å²) in [7, 11) is 1.68. The van der Waals surface area contributed by atoms with Gasteiger partial charge in [0.2, 0.25) is 0 Å². The Morgan fingerprint density at radius 2 is 2.22 bits per heavy atom. The average molecular weight is 247 g/mol. The van der Waals surface area contributed by atoms with Crippen molar-refractivity contribution in [2.75, 3.05) is 19.5 Å². The molecule has 96 valence electrons. The topological polar surface area (TPSA) is 78.8 Å². The summed E-state index contributed by atoms with van der Waals surface area (Å²) in [6, 6.07) is 5.80. The van der Waals surface area contributed by atoms with E-state index in [-0.39, 0.29) is 0 Å². The molecule has 0 saturated carbocycles. The quantitative estimate of drug-likeness (QED) is 0.635. The lowest BCUT2D eigenvalue weighted by Gasteiger charge is -2.06. The van der Waals surface area contributed by atoms with E-state index in [4.69, 9.17) is 10.5 Å². The van der Waals surface area contributed by atoms with Crippen LogP contribution in [0.5, 0.6) is 0 Å². The van der Waals surface area contributed by atoms with Gasteiger partial charge in [0.15, 0.2) is 5.82 Å². The average Bonchev–Trinajstić information content (AvgIpc) is 2.81. The number of nitrogens with zero attached hydrogens (tertiary/aromatic N) is 4. The van der Waals surface area contributed by atoms with Crippen molar-refractivity contribution in [2.45, 2.75) is 19.9 Å². The summed E-state index contributed by atoms with van der Waals surface area (Å²) in [5.74, 6) is 0.759. The second-order valence-corrected chi connectivity index (χ2v) is 4.14. The minimum Gasteiger partial charge on any atom is -0.399 e. The fraction of sp³-hybridized carbons (Fsp3) is 0.417. The van der Waals surface area contributed by atoms with E-state index in [0.717, 1.165) is 35.6 Å². The number of ether oxygens (including phenoxy) is 1. The largest absolute Gasteiger partial charge is 0.399 e. The van der Waals surface area contributed by atoms with E-state index in [1.807, 2.05) is 25.1 Å². The Labute approximate surface area is 106 Å². The van der Waals surface area contributed by atoms with Crippen molar-refractivity contribution in [3.8, 4) is 11.4 Å². The summed E-state index contributed by atoms with van der Waals surface area (Å²) in [6.07, 6.45) is 0.877. The zero-order chi connectivity index (χ0) is 13.0.